The van der Waals surface area contributed by atoms with E-state index in [4.69, 9.17) is 9.47 Å². The summed E-state index contributed by atoms with van der Waals surface area (Å²) in [5, 5.41) is 0. The van der Waals surface area contributed by atoms with E-state index in [2.05, 4.69) is 0 Å². The number of ketones is 1. The van der Waals surface area contributed by atoms with Crippen LogP contribution in [0.4, 0.5) is 0 Å². The molecular formula is C13H12O4. The van der Waals surface area contributed by atoms with Crippen molar-refractivity contribution in [2.45, 2.75) is 19.3 Å². The second kappa shape index (κ2) is 4.93. The maximum Gasteiger partial charge on any atom is 0.305 e. The molecule has 4 heteroatoms. The first-order valence-electron chi connectivity index (χ1n) is 5.26. The number of hydrogen-bond donors (Lipinski definition) is 0. The minimum Gasteiger partial charge on any atom is -0.432 e. The first-order valence-corrected chi connectivity index (χ1v) is 5.26. The predicted molar refractivity (Wildman–Crippen MR) is 60.0 cm³/mol. The molecule has 17 heavy (non-hydrogen) atoms. The van der Waals surface area contributed by atoms with Gasteiger partial charge in [-0.05, 0) is 17.7 Å². The van der Waals surface area contributed by atoms with Crippen molar-refractivity contribution >= 4 is 11.8 Å². The molecule has 1 heterocycles. The summed E-state index contributed by atoms with van der Waals surface area (Å²) in [6, 6.07) is 9.10. The summed E-state index contributed by atoms with van der Waals surface area (Å²) in [6.07, 6.45) is 1.32. The van der Waals surface area contributed by atoms with Gasteiger partial charge in [-0.3, -0.25) is 9.59 Å². The van der Waals surface area contributed by atoms with E-state index >= 15 is 0 Å². The Kier molecular flexibility index (Phi) is 3.35. The van der Waals surface area contributed by atoms with E-state index < -0.39 is 18.4 Å². The molecule has 0 saturated carbocycles. The van der Waals surface area contributed by atoms with Gasteiger partial charge in [0.2, 0.25) is 6.29 Å². The molecule has 0 saturated heterocycles. The Bertz CT molecular complexity index is 450. The lowest BCUT2D eigenvalue weighted by Gasteiger charge is -2.24. The smallest absolute Gasteiger partial charge is 0.305 e. The van der Waals surface area contributed by atoms with Gasteiger partial charge in [0.1, 0.15) is 6.10 Å². The van der Waals surface area contributed by atoms with Gasteiger partial charge in [-0.15, -0.1) is 0 Å². The van der Waals surface area contributed by atoms with Crippen molar-refractivity contribution in [2.75, 3.05) is 0 Å². The monoisotopic (exact) mass is 232 g/mol. The highest BCUT2D eigenvalue weighted by Crippen LogP contribution is 2.25. The number of esters is 1. The molecule has 0 bridgehead atoms. The van der Waals surface area contributed by atoms with E-state index in [1.165, 1.54) is 19.1 Å². The van der Waals surface area contributed by atoms with Gasteiger partial charge in [0.25, 0.3) is 0 Å². The van der Waals surface area contributed by atoms with E-state index in [1.807, 2.05) is 18.2 Å². The number of ether oxygens (including phenoxy) is 2. The van der Waals surface area contributed by atoms with Gasteiger partial charge in [-0.25, -0.2) is 0 Å². The van der Waals surface area contributed by atoms with Crippen molar-refractivity contribution in [1.82, 2.24) is 0 Å². The van der Waals surface area contributed by atoms with Crippen LogP contribution in [0.15, 0.2) is 42.5 Å². The minimum atomic E-state index is -0.796. The van der Waals surface area contributed by atoms with Gasteiger partial charge in [0.15, 0.2) is 5.78 Å². The first kappa shape index (κ1) is 11.5. The Labute approximate surface area is 98.8 Å². The summed E-state index contributed by atoms with van der Waals surface area (Å²) in [7, 11) is 0. The Morgan fingerprint density at radius 2 is 2.00 bits per heavy atom. The highest BCUT2D eigenvalue weighted by atomic mass is 16.7. The zero-order chi connectivity index (χ0) is 12.3. The molecule has 1 aromatic carbocycles. The number of hydrogen-bond acceptors (Lipinski definition) is 4. The molecule has 1 aliphatic rings. The fourth-order valence-corrected chi connectivity index (χ4v) is 1.61. The van der Waals surface area contributed by atoms with Crippen LogP contribution in [0.2, 0.25) is 0 Å². The molecule has 0 N–H and O–H groups in total. The standard InChI is InChI=1S/C13H12O4/c1-9(14)16-12-8-7-11(15)13(17-12)10-5-3-2-4-6-10/h2-8,12-13H,1H3/t12-,13-/m1/s1. The molecule has 2 rings (SSSR count). The van der Waals surface area contributed by atoms with Crippen LogP contribution in [0.3, 0.4) is 0 Å². The van der Waals surface area contributed by atoms with E-state index in [0.717, 1.165) is 5.56 Å². The van der Waals surface area contributed by atoms with Gasteiger partial charge < -0.3 is 9.47 Å². The van der Waals surface area contributed by atoms with Crippen molar-refractivity contribution in [3.05, 3.63) is 48.0 Å². The molecule has 2 atom stereocenters. The topological polar surface area (TPSA) is 52.6 Å². The maximum absolute atomic E-state index is 11.7. The second-order valence-corrected chi connectivity index (χ2v) is 3.67. The van der Waals surface area contributed by atoms with Crippen molar-refractivity contribution in [3.63, 3.8) is 0 Å². The number of rotatable bonds is 2. The van der Waals surface area contributed by atoms with E-state index in [-0.39, 0.29) is 5.78 Å². The summed E-state index contributed by atoms with van der Waals surface area (Å²) in [4.78, 5) is 22.5. The third-order valence-corrected chi connectivity index (χ3v) is 2.33. The molecule has 4 nitrogen and oxygen atoms in total. The highest BCUT2D eigenvalue weighted by molar-refractivity contribution is 5.95. The number of carbonyl (C=O) groups is 2. The average molecular weight is 232 g/mol. The van der Waals surface area contributed by atoms with Gasteiger partial charge >= 0.3 is 5.97 Å². The summed E-state index contributed by atoms with van der Waals surface area (Å²) < 4.78 is 10.3. The summed E-state index contributed by atoms with van der Waals surface area (Å²) in [5.74, 6) is -0.597. The van der Waals surface area contributed by atoms with Crippen molar-refractivity contribution in [1.29, 1.82) is 0 Å². The molecule has 88 valence electrons. The maximum atomic E-state index is 11.7. The lowest BCUT2D eigenvalue weighted by Crippen LogP contribution is -2.28. The lowest BCUT2D eigenvalue weighted by molar-refractivity contribution is -0.180. The second-order valence-electron chi connectivity index (χ2n) is 3.67. The third kappa shape index (κ3) is 2.79. The zero-order valence-electron chi connectivity index (χ0n) is 9.33. The van der Waals surface area contributed by atoms with Gasteiger partial charge in [-0.2, -0.15) is 0 Å². The van der Waals surface area contributed by atoms with Gasteiger partial charge in [0.05, 0.1) is 0 Å². The van der Waals surface area contributed by atoms with Crippen LogP contribution in [0.25, 0.3) is 0 Å². The quantitative estimate of drug-likeness (QED) is 0.729. The minimum absolute atomic E-state index is 0.153. The molecule has 0 aromatic heterocycles. The lowest BCUT2D eigenvalue weighted by atomic mass is 10.0. The SMILES string of the molecule is CC(=O)O[C@H]1C=CC(=O)[C@@H](c2ccccc2)O1. The first-order chi connectivity index (χ1) is 8.16. The molecule has 0 amide bonds. The molecule has 0 radical (unpaired) electrons. The molecule has 0 fully saturated rings. The predicted octanol–water partition coefficient (Wildman–Crippen LogP) is 1.77. The van der Waals surface area contributed by atoms with Crippen LogP contribution in [-0.4, -0.2) is 18.0 Å². The van der Waals surface area contributed by atoms with Crippen molar-refractivity contribution in [3.8, 4) is 0 Å². The van der Waals surface area contributed by atoms with Crippen molar-refractivity contribution in [2.24, 2.45) is 0 Å². The number of benzene rings is 1. The molecule has 0 unspecified atom stereocenters. The molecule has 1 aliphatic heterocycles. The van der Waals surface area contributed by atoms with Gasteiger partial charge in [-0.1, -0.05) is 30.3 Å². The molecule has 1 aromatic rings. The summed E-state index contributed by atoms with van der Waals surface area (Å²) >= 11 is 0. The fraction of sp³-hybridized carbons (Fsp3) is 0.231. The highest BCUT2D eigenvalue weighted by Gasteiger charge is 2.27. The van der Waals surface area contributed by atoms with E-state index in [0.29, 0.717) is 0 Å². The third-order valence-electron chi connectivity index (χ3n) is 2.33. The van der Waals surface area contributed by atoms with Crippen LogP contribution in [-0.2, 0) is 19.1 Å². The van der Waals surface area contributed by atoms with Crippen molar-refractivity contribution < 1.29 is 19.1 Å². The molecule has 0 spiro atoms. The normalized spacial score (nSPS) is 23.5. The zero-order valence-corrected chi connectivity index (χ0v) is 9.33. The summed E-state index contributed by atoms with van der Waals surface area (Å²) in [6.45, 7) is 1.30. The molecule has 0 aliphatic carbocycles. The summed E-state index contributed by atoms with van der Waals surface area (Å²) in [5.41, 5.74) is 0.749. The average Bonchev–Trinajstić information content (AvgIpc) is 2.32. The Morgan fingerprint density at radius 3 is 2.65 bits per heavy atom. The van der Waals surface area contributed by atoms with Crippen LogP contribution in [0.1, 0.15) is 18.6 Å². The van der Waals surface area contributed by atoms with Crippen LogP contribution >= 0.6 is 0 Å². The van der Waals surface area contributed by atoms with Crippen LogP contribution in [0.5, 0.6) is 0 Å². The molecular weight excluding hydrogens is 220 g/mol. The Hall–Kier alpha value is -1.94. The van der Waals surface area contributed by atoms with E-state index in [1.54, 1.807) is 12.1 Å². The van der Waals surface area contributed by atoms with Crippen LogP contribution in [0, 0.1) is 0 Å². The van der Waals surface area contributed by atoms with Crippen LogP contribution < -0.4 is 0 Å². The largest absolute Gasteiger partial charge is 0.432 e. The Morgan fingerprint density at radius 1 is 1.29 bits per heavy atom. The van der Waals surface area contributed by atoms with E-state index in [9.17, 15) is 9.59 Å². The van der Waals surface area contributed by atoms with Gasteiger partial charge in [0, 0.05) is 6.92 Å². The fourth-order valence-electron chi connectivity index (χ4n) is 1.61. The Balaban J connectivity index is 2.16. The number of carbonyl (C=O) groups excluding carboxylic acids is 2.